The average Bonchev–Trinajstić information content (AvgIpc) is 3.45. The molecule has 1 fully saturated rings. The number of anilines is 2. The number of nitrogens with zero attached hydrogens (tertiary/aromatic N) is 2. The summed E-state index contributed by atoms with van der Waals surface area (Å²) in [6.45, 7) is 1.51. The molecule has 2 aromatic carbocycles. The van der Waals surface area contributed by atoms with Crippen molar-refractivity contribution < 1.29 is 14.4 Å². The van der Waals surface area contributed by atoms with E-state index in [0.717, 1.165) is 31.4 Å². The molecule has 1 saturated carbocycles. The van der Waals surface area contributed by atoms with Gasteiger partial charge in [0.1, 0.15) is 11.8 Å². The monoisotopic (exact) mass is 418 g/mol. The Bertz CT molecular complexity index is 995. The minimum absolute atomic E-state index is 0.0481. The molecule has 0 aromatic heterocycles. The number of nitrogens with one attached hydrogen (secondary N) is 2. The highest BCUT2D eigenvalue weighted by Crippen LogP contribution is 2.25. The first-order chi connectivity index (χ1) is 15.0. The molecule has 4 rings (SSSR count). The van der Waals surface area contributed by atoms with Gasteiger partial charge in [0.05, 0.1) is 5.69 Å². The summed E-state index contributed by atoms with van der Waals surface area (Å²) in [6.07, 6.45) is 4.63. The molecule has 1 unspecified atom stereocenters. The summed E-state index contributed by atoms with van der Waals surface area (Å²) in [5, 5.41) is 11.9. The van der Waals surface area contributed by atoms with Gasteiger partial charge in [0.2, 0.25) is 0 Å². The van der Waals surface area contributed by atoms with Crippen molar-refractivity contribution in [2.24, 2.45) is 5.10 Å². The van der Waals surface area contributed by atoms with Gasteiger partial charge < -0.3 is 10.6 Å². The second-order valence-electron chi connectivity index (χ2n) is 8.04. The molecule has 1 aliphatic heterocycles. The quantitative estimate of drug-likeness (QED) is 0.751. The molecule has 0 radical (unpaired) electrons. The number of hydrazone groups is 1. The van der Waals surface area contributed by atoms with E-state index in [-0.39, 0.29) is 30.1 Å². The molecule has 7 heteroatoms. The third-order valence-corrected chi connectivity index (χ3v) is 5.76. The van der Waals surface area contributed by atoms with Crippen molar-refractivity contribution in [2.45, 2.75) is 51.1 Å². The van der Waals surface area contributed by atoms with Crippen LogP contribution in [0.15, 0.2) is 59.7 Å². The van der Waals surface area contributed by atoms with Crippen LogP contribution in [0.4, 0.5) is 11.4 Å². The topological polar surface area (TPSA) is 90.9 Å². The molecule has 0 spiro atoms. The highest BCUT2D eigenvalue weighted by molar-refractivity contribution is 6.44. The van der Waals surface area contributed by atoms with Crippen LogP contribution in [0.2, 0.25) is 0 Å². The second-order valence-corrected chi connectivity index (χ2v) is 8.04. The van der Waals surface area contributed by atoms with Gasteiger partial charge in [-0.05, 0) is 56.2 Å². The van der Waals surface area contributed by atoms with Crippen molar-refractivity contribution in [1.29, 1.82) is 0 Å². The number of carbonyl (C=O) groups excluding carboxylic acids is 3. The highest BCUT2D eigenvalue weighted by atomic mass is 16.2. The van der Waals surface area contributed by atoms with E-state index in [9.17, 15) is 14.4 Å². The van der Waals surface area contributed by atoms with E-state index in [0.29, 0.717) is 17.0 Å². The predicted molar refractivity (Wildman–Crippen MR) is 120 cm³/mol. The van der Waals surface area contributed by atoms with Crippen LogP contribution in [-0.4, -0.2) is 35.4 Å². The number of ketones is 1. The van der Waals surface area contributed by atoms with Crippen molar-refractivity contribution in [1.82, 2.24) is 5.32 Å². The van der Waals surface area contributed by atoms with E-state index in [4.69, 9.17) is 0 Å². The van der Waals surface area contributed by atoms with E-state index < -0.39 is 6.04 Å². The van der Waals surface area contributed by atoms with E-state index in [1.165, 1.54) is 6.92 Å². The van der Waals surface area contributed by atoms with Crippen LogP contribution < -0.4 is 15.6 Å². The molecule has 2 aromatic rings. The maximum Gasteiger partial charge on any atom is 0.271 e. The van der Waals surface area contributed by atoms with Gasteiger partial charge in [-0.3, -0.25) is 19.4 Å². The van der Waals surface area contributed by atoms with Gasteiger partial charge in [0.25, 0.3) is 11.8 Å². The Labute approximate surface area is 181 Å². The molecule has 31 heavy (non-hydrogen) atoms. The van der Waals surface area contributed by atoms with Crippen LogP contribution in [-0.2, 0) is 9.59 Å². The minimum Gasteiger partial charge on any atom is -0.349 e. The summed E-state index contributed by atoms with van der Waals surface area (Å²) in [7, 11) is 0. The molecular formula is C24H26N4O3. The Balaban J connectivity index is 1.41. The summed E-state index contributed by atoms with van der Waals surface area (Å²) in [4.78, 5) is 37.2. The Kier molecular flexibility index (Phi) is 6.11. The maximum atomic E-state index is 12.7. The number of Topliss-reactive ketones (excluding diaryl/α,β-unsaturated/α-hetero) is 1. The van der Waals surface area contributed by atoms with Crippen molar-refractivity contribution in [2.75, 3.05) is 10.3 Å². The lowest BCUT2D eigenvalue weighted by Gasteiger charge is -2.20. The third kappa shape index (κ3) is 4.82. The Morgan fingerprint density at radius 2 is 1.61 bits per heavy atom. The van der Waals surface area contributed by atoms with Gasteiger partial charge in [-0.1, -0.05) is 31.0 Å². The molecule has 160 valence electrons. The molecule has 1 aliphatic carbocycles. The van der Waals surface area contributed by atoms with E-state index in [1.807, 2.05) is 30.3 Å². The standard InChI is InChI=1S/C24H26N4O3/c1-16(29)22-15-21(27-28(22)20-9-3-2-4-10-20)24(31)26-19-13-11-17(12-14-19)23(30)25-18-7-5-6-8-18/h2-4,9-14,18,22H,5-8,15H2,1H3,(H,25,30)(H,26,31). The van der Waals surface area contributed by atoms with Crippen molar-refractivity contribution >= 4 is 34.7 Å². The van der Waals surface area contributed by atoms with Gasteiger partial charge in [0.15, 0.2) is 5.78 Å². The Morgan fingerprint density at radius 3 is 2.26 bits per heavy atom. The number of para-hydroxylation sites is 1. The fourth-order valence-electron chi connectivity index (χ4n) is 4.03. The van der Waals surface area contributed by atoms with Crippen LogP contribution >= 0.6 is 0 Å². The number of rotatable bonds is 6. The highest BCUT2D eigenvalue weighted by Gasteiger charge is 2.34. The van der Waals surface area contributed by atoms with Gasteiger partial charge in [-0.15, -0.1) is 0 Å². The number of carbonyl (C=O) groups is 3. The van der Waals surface area contributed by atoms with Gasteiger partial charge in [-0.25, -0.2) is 0 Å². The summed E-state index contributed by atoms with van der Waals surface area (Å²) >= 11 is 0. The van der Waals surface area contributed by atoms with Crippen LogP contribution in [0.25, 0.3) is 0 Å². The average molecular weight is 418 g/mol. The molecule has 0 saturated heterocycles. The summed E-state index contributed by atoms with van der Waals surface area (Å²) < 4.78 is 0. The number of amides is 2. The Hall–Kier alpha value is -3.48. The first kappa shape index (κ1) is 20.8. The summed E-state index contributed by atoms with van der Waals surface area (Å²) in [5.41, 5.74) is 2.20. The van der Waals surface area contributed by atoms with Crippen LogP contribution in [0.5, 0.6) is 0 Å². The largest absolute Gasteiger partial charge is 0.349 e. The van der Waals surface area contributed by atoms with Crippen molar-refractivity contribution in [3.63, 3.8) is 0 Å². The lowest BCUT2D eigenvalue weighted by Crippen LogP contribution is -2.33. The fourth-order valence-corrected chi connectivity index (χ4v) is 4.03. The van der Waals surface area contributed by atoms with E-state index >= 15 is 0 Å². The summed E-state index contributed by atoms with van der Waals surface area (Å²) in [5.74, 6) is -0.492. The van der Waals surface area contributed by atoms with E-state index in [1.54, 1.807) is 29.3 Å². The smallest absolute Gasteiger partial charge is 0.271 e. The fraction of sp³-hybridized carbons (Fsp3) is 0.333. The predicted octanol–water partition coefficient (Wildman–Crippen LogP) is 3.52. The van der Waals surface area contributed by atoms with Crippen LogP contribution in [0, 0.1) is 0 Å². The zero-order chi connectivity index (χ0) is 21.8. The summed E-state index contributed by atoms with van der Waals surface area (Å²) in [6, 6.07) is 15.9. The SMILES string of the molecule is CC(=O)C1CC(C(=O)Nc2ccc(C(=O)NC3CCCC3)cc2)=NN1c1ccccc1. The van der Waals surface area contributed by atoms with Gasteiger partial charge >= 0.3 is 0 Å². The normalized spacial score (nSPS) is 18.5. The van der Waals surface area contributed by atoms with Crippen LogP contribution in [0.1, 0.15) is 49.4 Å². The lowest BCUT2D eigenvalue weighted by molar-refractivity contribution is -0.118. The molecule has 1 heterocycles. The number of hydrogen-bond donors (Lipinski definition) is 2. The van der Waals surface area contributed by atoms with Crippen molar-refractivity contribution in [3.05, 3.63) is 60.2 Å². The van der Waals surface area contributed by atoms with Crippen LogP contribution in [0.3, 0.4) is 0 Å². The van der Waals surface area contributed by atoms with Gasteiger partial charge in [0, 0.05) is 23.7 Å². The molecule has 2 aliphatic rings. The minimum atomic E-state index is -0.496. The second kappa shape index (κ2) is 9.12. The molecule has 7 nitrogen and oxygen atoms in total. The molecule has 2 amide bonds. The first-order valence-corrected chi connectivity index (χ1v) is 10.7. The first-order valence-electron chi connectivity index (χ1n) is 10.7. The van der Waals surface area contributed by atoms with E-state index in [2.05, 4.69) is 15.7 Å². The lowest BCUT2D eigenvalue weighted by atomic mass is 10.1. The van der Waals surface area contributed by atoms with Gasteiger partial charge in [-0.2, -0.15) is 5.10 Å². The zero-order valence-electron chi connectivity index (χ0n) is 17.5. The molecule has 1 atom stereocenters. The maximum absolute atomic E-state index is 12.7. The van der Waals surface area contributed by atoms with Crippen molar-refractivity contribution in [3.8, 4) is 0 Å². The molecule has 2 N–H and O–H groups in total. The molecule has 0 bridgehead atoms. The zero-order valence-corrected chi connectivity index (χ0v) is 17.5. The Morgan fingerprint density at radius 1 is 0.935 bits per heavy atom. The third-order valence-electron chi connectivity index (χ3n) is 5.76. The number of hydrogen-bond acceptors (Lipinski definition) is 5. The number of benzene rings is 2. The molecular weight excluding hydrogens is 392 g/mol.